The summed E-state index contributed by atoms with van der Waals surface area (Å²) in [5.74, 6) is -0.0319. The van der Waals surface area contributed by atoms with Gasteiger partial charge in [-0.15, -0.1) is 0 Å². The van der Waals surface area contributed by atoms with Crippen LogP contribution in [0, 0.1) is 0 Å². The number of rotatable bonds is 3. The molecule has 0 aromatic heterocycles. The number of carbonyl (C=O) groups is 2. The van der Waals surface area contributed by atoms with E-state index in [1.165, 1.54) is 0 Å². The molecule has 0 bridgehead atoms. The largest absolute Gasteiger partial charge is 0.293 e. The molecule has 1 aromatic carbocycles. The van der Waals surface area contributed by atoms with E-state index in [1.807, 2.05) is 0 Å². The highest BCUT2D eigenvalue weighted by atomic mass is 79.9. The zero-order valence-electron chi connectivity index (χ0n) is 6.59. The highest BCUT2D eigenvalue weighted by Gasteiger charge is 2.06. The lowest BCUT2D eigenvalue weighted by Gasteiger charge is -1.98. The maximum Gasteiger partial charge on any atom is 0.228 e. The molecule has 0 atom stereocenters. The first-order valence-electron chi connectivity index (χ1n) is 3.54. The van der Waals surface area contributed by atoms with Crippen LogP contribution < -0.4 is 0 Å². The van der Waals surface area contributed by atoms with E-state index in [-0.39, 0.29) is 15.8 Å². The molecular formula is C9H6Br2O2. The van der Waals surface area contributed by atoms with Crippen molar-refractivity contribution in [2.75, 3.05) is 5.33 Å². The zero-order valence-corrected chi connectivity index (χ0v) is 9.76. The van der Waals surface area contributed by atoms with E-state index in [1.54, 1.807) is 24.3 Å². The molecule has 1 aromatic rings. The quantitative estimate of drug-likeness (QED) is 0.489. The molecule has 0 radical (unpaired) electrons. The lowest BCUT2D eigenvalue weighted by atomic mass is 10.1. The predicted molar refractivity (Wildman–Crippen MR) is 57.8 cm³/mol. The molecule has 0 saturated heterocycles. The van der Waals surface area contributed by atoms with E-state index in [0.717, 1.165) is 0 Å². The minimum Gasteiger partial charge on any atom is -0.293 e. The van der Waals surface area contributed by atoms with Gasteiger partial charge in [-0.3, -0.25) is 9.59 Å². The zero-order chi connectivity index (χ0) is 9.84. The maximum atomic E-state index is 11.2. The molecule has 2 nitrogen and oxygen atoms in total. The van der Waals surface area contributed by atoms with Crippen LogP contribution in [0.4, 0.5) is 0 Å². The van der Waals surface area contributed by atoms with Crippen molar-refractivity contribution in [3.8, 4) is 0 Å². The Balaban J connectivity index is 3.05. The Kier molecular flexibility index (Phi) is 3.81. The van der Waals surface area contributed by atoms with E-state index in [9.17, 15) is 9.59 Å². The van der Waals surface area contributed by atoms with E-state index in [2.05, 4.69) is 31.9 Å². The van der Waals surface area contributed by atoms with Gasteiger partial charge >= 0.3 is 0 Å². The van der Waals surface area contributed by atoms with Gasteiger partial charge in [-0.05, 0) is 22.0 Å². The molecule has 0 spiro atoms. The summed E-state index contributed by atoms with van der Waals surface area (Å²) >= 11 is 5.89. The Bertz CT molecular complexity index is 347. The average Bonchev–Trinajstić information content (AvgIpc) is 2.17. The van der Waals surface area contributed by atoms with Crippen molar-refractivity contribution in [1.29, 1.82) is 0 Å². The number of halogens is 2. The third kappa shape index (κ3) is 2.74. The van der Waals surface area contributed by atoms with Crippen LogP contribution in [0.3, 0.4) is 0 Å². The molecule has 0 aliphatic carbocycles. The van der Waals surface area contributed by atoms with Gasteiger partial charge in [-0.2, -0.15) is 0 Å². The Morgan fingerprint density at radius 1 is 1.23 bits per heavy atom. The van der Waals surface area contributed by atoms with Gasteiger partial charge in [0, 0.05) is 11.1 Å². The van der Waals surface area contributed by atoms with Crippen molar-refractivity contribution < 1.29 is 9.59 Å². The number of benzene rings is 1. The SMILES string of the molecule is O=C(Br)c1cccc(C(=O)CBr)c1. The predicted octanol–water partition coefficient (Wildman–Crippen LogP) is 2.80. The third-order valence-corrected chi connectivity index (χ3v) is 2.50. The Morgan fingerprint density at radius 3 is 2.38 bits per heavy atom. The van der Waals surface area contributed by atoms with E-state index < -0.39 is 0 Å². The Morgan fingerprint density at radius 2 is 1.85 bits per heavy atom. The second-order valence-corrected chi connectivity index (χ2v) is 3.69. The summed E-state index contributed by atoms with van der Waals surface area (Å²) in [5.41, 5.74) is 1.04. The first-order chi connectivity index (χ1) is 6.15. The molecule has 4 heteroatoms. The van der Waals surface area contributed by atoms with E-state index >= 15 is 0 Å². The van der Waals surface area contributed by atoms with Crippen LogP contribution in [-0.4, -0.2) is 15.8 Å². The van der Waals surface area contributed by atoms with Gasteiger partial charge in [0.25, 0.3) is 0 Å². The maximum absolute atomic E-state index is 11.2. The molecule has 0 amide bonds. The highest BCUT2D eigenvalue weighted by Crippen LogP contribution is 2.10. The number of hydrogen-bond acceptors (Lipinski definition) is 2. The Labute approximate surface area is 92.6 Å². The first-order valence-corrected chi connectivity index (χ1v) is 5.45. The van der Waals surface area contributed by atoms with Crippen LogP contribution in [0.25, 0.3) is 0 Å². The summed E-state index contributed by atoms with van der Waals surface area (Å²) in [5, 5.41) is 0.271. The van der Waals surface area contributed by atoms with Crippen LogP contribution in [0.15, 0.2) is 24.3 Å². The molecule has 1 rings (SSSR count). The number of Topliss-reactive ketones (excluding diaryl/α,β-unsaturated/α-hetero) is 1. The molecule has 0 saturated carbocycles. The normalized spacial score (nSPS) is 9.69. The summed E-state index contributed by atoms with van der Waals surface area (Å²) in [6, 6.07) is 6.59. The average molecular weight is 306 g/mol. The van der Waals surface area contributed by atoms with Crippen molar-refractivity contribution in [2.45, 2.75) is 0 Å². The van der Waals surface area contributed by atoms with Crippen molar-refractivity contribution in [3.63, 3.8) is 0 Å². The van der Waals surface area contributed by atoms with E-state index in [4.69, 9.17) is 0 Å². The van der Waals surface area contributed by atoms with Crippen LogP contribution in [-0.2, 0) is 0 Å². The van der Waals surface area contributed by atoms with Crippen molar-refractivity contribution in [2.24, 2.45) is 0 Å². The smallest absolute Gasteiger partial charge is 0.228 e. The first kappa shape index (κ1) is 10.6. The summed E-state index contributed by atoms with van der Waals surface area (Å²) in [6.45, 7) is 0. The van der Waals surface area contributed by atoms with Crippen molar-refractivity contribution in [1.82, 2.24) is 0 Å². The van der Waals surface area contributed by atoms with Gasteiger partial charge in [-0.1, -0.05) is 34.1 Å². The minimum absolute atomic E-state index is 0.0319. The highest BCUT2D eigenvalue weighted by molar-refractivity contribution is 9.18. The minimum atomic E-state index is -0.211. The van der Waals surface area contributed by atoms with Gasteiger partial charge in [0.05, 0.1) is 5.33 Å². The fourth-order valence-electron chi connectivity index (χ4n) is 0.892. The molecule has 0 heterocycles. The lowest BCUT2D eigenvalue weighted by Crippen LogP contribution is -2.01. The fourth-order valence-corrected chi connectivity index (χ4v) is 1.46. The number of hydrogen-bond donors (Lipinski definition) is 0. The van der Waals surface area contributed by atoms with Crippen LogP contribution in [0.2, 0.25) is 0 Å². The van der Waals surface area contributed by atoms with E-state index in [0.29, 0.717) is 11.1 Å². The summed E-state index contributed by atoms with van der Waals surface area (Å²) in [7, 11) is 0. The molecule has 68 valence electrons. The van der Waals surface area contributed by atoms with Gasteiger partial charge in [-0.25, -0.2) is 0 Å². The standard InChI is InChI=1S/C9H6Br2O2/c10-5-8(12)6-2-1-3-7(4-6)9(11)13/h1-4H,5H2. The van der Waals surface area contributed by atoms with Crippen LogP contribution >= 0.6 is 31.9 Å². The topological polar surface area (TPSA) is 34.1 Å². The van der Waals surface area contributed by atoms with Crippen molar-refractivity contribution >= 4 is 42.3 Å². The molecular weight excluding hydrogens is 300 g/mol. The molecule has 0 aliphatic rings. The van der Waals surface area contributed by atoms with Crippen molar-refractivity contribution in [3.05, 3.63) is 35.4 Å². The van der Waals surface area contributed by atoms with Gasteiger partial charge in [0.15, 0.2) is 5.78 Å². The monoisotopic (exact) mass is 304 g/mol. The van der Waals surface area contributed by atoms with Gasteiger partial charge in [0.2, 0.25) is 4.69 Å². The number of carbonyl (C=O) groups excluding carboxylic acids is 2. The molecule has 0 N–H and O–H groups in total. The van der Waals surface area contributed by atoms with Gasteiger partial charge < -0.3 is 0 Å². The fraction of sp³-hybridized carbons (Fsp3) is 0.111. The summed E-state index contributed by atoms with van der Waals surface area (Å²) < 4.78 is -0.211. The summed E-state index contributed by atoms with van der Waals surface area (Å²) in [6.07, 6.45) is 0. The Hall–Kier alpha value is -0.480. The molecule has 0 unspecified atom stereocenters. The summed E-state index contributed by atoms with van der Waals surface area (Å²) in [4.78, 5) is 22.1. The van der Waals surface area contributed by atoms with Crippen LogP contribution in [0.5, 0.6) is 0 Å². The molecule has 0 fully saturated rings. The number of alkyl halides is 1. The third-order valence-electron chi connectivity index (χ3n) is 1.53. The molecule has 13 heavy (non-hydrogen) atoms. The van der Waals surface area contributed by atoms with Gasteiger partial charge in [0.1, 0.15) is 0 Å². The van der Waals surface area contributed by atoms with Crippen LogP contribution in [0.1, 0.15) is 20.7 Å². The molecule has 0 aliphatic heterocycles. The number of ketones is 1. The second kappa shape index (κ2) is 4.67. The second-order valence-electron chi connectivity index (χ2n) is 2.41. The lowest BCUT2D eigenvalue weighted by molar-refractivity contribution is 0.102.